The van der Waals surface area contributed by atoms with Crippen molar-refractivity contribution in [2.75, 3.05) is 5.32 Å². The third kappa shape index (κ3) is 8.89. The van der Waals surface area contributed by atoms with Crippen molar-refractivity contribution in [2.45, 2.75) is 84.5 Å². The molecule has 0 aliphatic heterocycles. The molecule has 0 fully saturated rings. The van der Waals surface area contributed by atoms with Crippen LogP contribution in [0.25, 0.3) is 0 Å². The van der Waals surface area contributed by atoms with Crippen molar-refractivity contribution >= 4 is 35.2 Å². The number of aromatic hydroxyl groups is 2. The molecule has 3 aromatic carbocycles. The molecule has 0 aliphatic carbocycles. The first-order chi connectivity index (χ1) is 20.5. The van der Waals surface area contributed by atoms with Gasteiger partial charge in [-0.05, 0) is 95.0 Å². The summed E-state index contributed by atoms with van der Waals surface area (Å²) >= 11 is 6.46. The first-order valence-corrected chi connectivity index (χ1v) is 14.9. The second kappa shape index (κ2) is 14.0. The standard InChI is InChI=1S/C34H42ClN3O6/c1-8-34(6,7)38(31(42)27(36-32(43)44-33(3,4)5)20-22-12-16-24(39)17-13-22)29(23-14-18-25(40)19-15-23)30(41)37-28-21(2)10-9-11-26(28)35/h9-19,27,29,39-40H,8,20H2,1-7H3,(H,36,43)(H,37,41). The zero-order chi connectivity index (χ0) is 32.8. The molecule has 0 spiro atoms. The van der Waals surface area contributed by atoms with E-state index in [4.69, 9.17) is 16.3 Å². The number of rotatable bonds is 10. The van der Waals surface area contributed by atoms with E-state index in [9.17, 15) is 24.6 Å². The molecule has 0 bridgehead atoms. The predicted molar refractivity (Wildman–Crippen MR) is 172 cm³/mol. The number of nitrogens with one attached hydrogen (secondary N) is 2. The van der Waals surface area contributed by atoms with E-state index >= 15 is 0 Å². The van der Waals surface area contributed by atoms with Gasteiger partial charge in [-0.2, -0.15) is 0 Å². The summed E-state index contributed by atoms with van der Waals surface area (Å²) in [6.45, 7) is 12.6. The van der Waals surface area contributed by atoms with Gasteiger partial charge in [-0.25, -0.2) is 4.79 Å². The number of anilines is 1. The second-order valence-electron chi connectivity index (χ2n) is 12.4. The summed E-state index contributed by atoms with van der Waals surface area (Å²) in [6, 6.07) is 15.3. The Balaban J connectivity index is 2.16. The third-order valence-corrected chi connectivity index (χ3v) is 7.62. The van der Waals surface area contributed by atoms with Gasteiger partial charge in [0.2, 0.25) is 5.91 Å². The zero-order valence-corrected chi connectivity index (χ0v) is 27.0. The number of phenolic OH excluding ortho intramolecular Hbond substituents is 2. The number of hydrogen-bond donors (Lipinski definition) is 4. The fraction of sp³-hybridized carbons (Fsp3) is 0.382. The molecule has 2 atom stereocenters. The first kappa shape index (κ1) is 34.3. The number of amides is 3. The second-order valence-corrected chi connectivity index (χ2v) is 12.8. The molecule has 0 aromatic heterocycles. The van der Waals surface area contributed by atoms with Crippen LogP contribution >= 0.6 is 11.6 Å². The number of benzene rings is 3. The third-order valence-electron chi connectivity index (χ3n) is 7.31. The van der Waals surface area contributed by atoms with E-state index < -0.39 is 41.1 Å². The normalized spacial score (nSPS) is 13.0. The molecular weight excluding hydrogens is 582 g/mol. The lowest BCUT2D eigenvalue weighted by Gasteiger charge is -2.44. The maximum Gasteiger partial charge on any atom is 0.408 e. The number of phenols is 2. The molecule has 0 radical (unpaired) electrons. The van der Waals surface area contributed by atoms with Crippen molar-refractivity contribution in [1.82, 2.24) is 10.2 Å². The van der Waals surface area contributed by atoms with Crippen LogP contribution in [0.1, 0.15) is 70.7 Å². The molecule has 10 heteroatoms. The van der Waals surface area contributed by atoms with Crippen molar-refractivity contribution in [1.29, 1.82) is 0 Å². The lowest BCUT2D eigenvalue weighted by atomic mass is 9.91. The minimum Gasteiger partial charge on any atom is -0.508 e. The summed E-state index contributed by atoms with van der Waals surface area (Å²) in [7, 11) is 0. The molecule has 4 N–H and O–H groups in total. The van der Waals surface area contributed by atoms with Crippen LogP contribution in [0.3, 0.4) is 0 Å². The lowest BCUT2D eigenvalue weighted by molar-refractivity contribution is -0.147. The molecule has 3 amide bonds. The predicted octanol–water partition coefficient (Wildman–Crippen LogP) is 6.89. The van der Waals surface area contributed by atoms with E-state index in [0.29, 0.717) is 28.3 Å². The fourth-order valence-corrected chi connectivity index (χ4v) is 4.96. The fourth-order valence-electron chi connectivity index (χ4n) is 4.69. The minimum absolute atomic E-state index is 0.000663. The van der Waals surface area contributed by atoms with Gasteiger partial charge in [0, 0.05) is 12.0 Å². The van der Waals surface area contributed by atoms with Crippen molar-refractivity contribution in [3.63, 3.8) is 0 Å². The Morgan fingerprint density at radius 1 is 0.909 bits per heavy atom. The molecule has 2 unspecified atom stereocenters. The first-order valence-electron chi connectivity index (χ1n) is 14.5. The van der Waals surface area contributed by atoms with Crippen molar-refractivity contribution in [3.8, 4) is 11.5 Å². The number of halogens is 1. The van der Waals surface area contributed by atoms with Crippen LogP contribution in [-0.2, 0) is 20.7 Å². The van der Waals surface area contributed by atoms with Crippen LogP contribution in [0.4, 0.5) is 10.5 Å². The van der Waals surface area contributed by atoms with Gasteiger partial charge < -0.3 is 30.5 Å². The zero-order valence-electron chi connectivity index (χ0n) is 26.3. The van der Waals surface area contributed by atoms with Gasteiger partial charge in [-0.3, -0.25) is 9.59 Å². The molecule has 0 heterocycles. The lowest BCUT2D eigenvalue weighted by Crippen LogP contribution is -2.59. The largest absolute Gasteiger partial charge is 0.508 e. The molecular formula is C34H42ClN3O6. The van der Waals surface area contributed by atoms with Crippen LogP contribution in [0.15, 0.2) is 66.7 Å². The Kier molecular flexibility index (Phi) is 10.9. The maximum absolute atomic E-state index is 14.7. The number of alkyl carbamates (subject to hydrolysis) is 1. The van der Waals surface area contributed by atoms with Crippen LogP contribution in [0.5, 0.6) is 11.5 Å². The monoisotopic (exact) mass is 623 g/mol. The van der Waals surface area contributed by atoms with Gasteiger partial charge in [0.15, 0.2) is 0 Å². The van der Waals surface area contributed by atoms with Gasteiger partial charge in [0.1, 0.15) is 29.2 Å². The molecule has 3 aromatic rings. The average molecular weight is 624 g/mol. The summed E-state index contributed by atoms with van der Waals surface area (Å²) < 4.78 is 5.50. The molecule has 0 saturated heterocycles. The van der Waals surface area contributed by atoms with E-state index in [1.165, 1.54) is 29.2 Å². The van der Waals surface area contributed by atoms with Crippen LogP contribution in [-0.4, -0.2) is 50.2 Å². The van der Waals surface area contributed by atoms with Gasteiger partial charge in [0.05, 0.1) is 10.7 Å². The number of carbonyl (C=O) groups excluding carboxylic acids is 3. The SMILES string of the molecule is CCC(C)(C)N(C(=O)C(Cc1ccc(O)cc1)NC(=O)OC(C)(C)C)C(C(=O)Nc1c(C)cccc1Cl)c1ccc(O)cc1. The van der Waals surface area contributed by atoms with Crippen molar-refractivity contribution < 1.29 is 29.3 Å². The average Bonchev–Trinajstić information content (AvgIpc) is 2.93. The summed E-state index contributed by atoms with van der Waals surface area (Å²) in [5.41, 5.74) is 0.552. The number of hydrogen-bond acceptors (Lipinski definition) is 6. The van der Waals surface area contributed by atoms with E-state index in [2.05, 4.69) is 10.6 Å². The number of para-hydroxylation sites is 1. The number of aryl methyl sites for hydroxylation is 1. The highest BCUT2D eigenvalue weighted by molar-refractivity contribution is 6.34. The highest BCUT2D eigenvalue weighted by atomic mass is 35.5. The number of nitrogens with zero attached hydrogens (tertiary/aromatic N) is 1. The van der Waals surface area contributed by atoms with Gasteiger partial charge in [-0.1, -0.05) is 54.9 Å². The van der Waals surface area contributed by atoms with E-state index in [-0.39, 0.29) is 17.9 Å². The Hall–Kier alpha value is -4.24. The summed E-state index contributed by atoms with van der Waals surface area (Å²) in [4.78, 5) is 43.5. The molecule has 44 heavy (non-hydrogen) atoms. The van der Waals surface area contributed by atoms with Crippen molar-refractivity contribution in [3.05, 3.63) is 88.4 Å². The van der Waals surface area contributed by atoms with E-state index in [1.807, 2.05) is 33.8 Å². The maximum atomic E-state index is 14.7. The summed E-state index contributed by atoms with van der Waals surface area (Å²) in [5, 5.41) is 25.8. The van der Waals surface area contributed by atoms with Gasteiger partial charge >= 0.3 is 6.09 Å². The highest BCUT2D eigenvalue weighted by Crippen LogP contribution is 2.35. The van der Waals surface area contributed by atoms with Crippen LogP contribution in [0.2, 0.25) is 5.02 Å². The van der Waals surface area contributed by atoms with E-state index in [0.717, 1.165) is 5.56 Å². The van der Waals surface area contributed by atoms with Crippen molar-refractivity contribution in [2.24, 2.45) is 0 Å². The Morgan fingerprint density at radius 2 is 1.48 bits per heavy atom. The number of ether oxygens (including phenoxy) is 1. The Morgan fingerprint density at radius 3 is 2.00 bits per heavy atom. The molecule has 0 aliphatic rings. The Labute approximate surface area is 264 Å². The van der Waals surface area contributed by atoms with E-state index in [1.54, 1.807) is 57.2 Å². The van der Waals surface area contributed by atoms with Crippen LogP contribution in [0, 0.1) is 6.92 Å². The van der Waals surface area contributed by atoms with Crippen LogP contribution < -0.4 is 10.6 Å². The summed E-state index contributed by atoms with van der Waals surface area (Å²) in [5.74, 6) is -0.994. The topological polar surface area (TPSA) is 128 Å². The quantitative estimate of drug-likeness (QED) is 0.195. The Bertz CT molecular complexity index is 1450. The highest BCUT2D eigenvalue weighted by Gasteiger charge is 2.43. The number of carbonyl (C=O) groups is 3. The van der Waals surface area contributed by atoms with Gasteiger partial charge in [0.25, 0.3) is 5.91 Å². The molecule has 0 saturated carbocycles. The smallest absolute Gasteiger partial charge is 0.408 e. The molecule has 9 nitrogen and oxygen atoms in total. The minimum atomic E-state index is -1.18. The van der Waals surface area contributed by atoms with Gasteiger partial charge in [-0.15, -0.1) is 0 Å². The molecule has 236 valence electrons. The summed E-state index contributed by atoms with van der Waals surface area (Å²) in [6.07, 6.45) is -0.270. The molecule has 3 rings (SSSR count).